The monoisotopic (exact) mass is 285 g/mol. The van der Waals surface area contributed by atoms with Crippen molar-refractivity contribution in [3.05, 3.63) is 12.7 Å². The van der Waals surface area contributed by atoms with Crippen LogP contribution in [0.25, 0.3) is 0 Å². The average molecular weight is 286 g/mol. The van der Waals surface area contributed by atoms with Gasteiger partial charge in [-0.3, -0.25) is 0 Å². The predicted molar refractivity (Wildman–Crippen MR) is 41.0 cm³/mol. The van der Waals surface area contributed by atoms with Crippen molar-refractivity contribution in [2.24, 2.45) is 17.2 Å². The molecule has 0 aliphatic heterocycles. The smallest absolute Gasteiger partial charge is 0.530 e. The van der Waals surface area contributed by atoms with E-state index in [-0.39, 0.29) is 22.4 Å². The van der Waals surface area contributed by atoms with Gasteiger partial charge in [-0.15, -0.1) is 6.58 Å². The van der Waals surface area contributed by atoms with Gasteiger partial charge in [0, 0.05) is 6.54 Å². The molecule has 0 rings (SSSR count). The maximum absolute atomic E-state index is 8.78. The first-order valence-electron chi connectivity index (χ1n) is 2.64. The van der Waals surface area contributed by atoms with Crippen LogP contribution in [0.4, 0.5) is 9.59 Å². The van der Waals surface area contributed by atoms with Crippen LogP contribution in [0.5, 0.6) is 0 Å². The fourth-order valence-corrected chi connectivity index (χ4v) is 0. The number of hydrogen-bond acceptors (Lipinski definition) is 4. The minimum absolute atomic E-state index is 0. The summed E-state index contributed by atoms with van der Waals surface area (Å²) in [7, 11) is 0. The van der Waals surface area contributed by atoms with E-state index < -0.39 is 12.2 Å². The van der Waals surface area contributed by atoms with Crippen LogP contribution in [0.2, 0.25) is 0 Å². The summed E-state index contributed by atoms with van der Waals surface area (Å²) in [5.41, 5.74) is 12.9. The number of nitrogens with two attached hydrogens (primary N) is 3. The van der Waals surface area contributed by atoms with Gasteiger partial charge in [0.15, 0.2) is 0 Å². The molecular formula is C5H12AgN3O4. The predicted octanol–water partition coefficient (Wildman–Crippen LogP) is -1.96. The Morgan fingerprint density at radius 1 is 1.46 bits per heavy atom. The van der Waals surface area contributed by atoms with E-state index in [1.807, 2.05) is 0 Å². The number of primary amides is 2. The Bertz CT molecular complexity index is 122. The first kappa shape index (κ1) is 22.7. The number of carboxylic acid groups (broad SMARTS) is 2. The van der Waals surface area contributed by atoms with Crippen LogP contribution in [0.3, 0.4) is 0 Å². The molecule has 0 unspecified atom stereocenters. The van der Waals surface area contributed by atoms with Crippen molar-refractivity contribution in [1.29, 1.82) is 0 Å². The van der Waals surface area contributed by atoms with E-state index in [1.165, 1.54) is 0 Å². The standard InChI is InChI=1S/C3H7N.2CH3NO2.Ag/c1-2-3-4;2*2-1(3)4;/h2H,1,3-4H2;2*2H2,(H,3,4);/q;;;+1/p-1. The summed E-state index contributed by atoms with van der Waals surface area (Å²) in [6.45, 7) is 3.94. The third-order valence-electron chi connectivity index (χ3n) is 0.167. The van der Waals surface area contributed by atoms with E-state index in [1.54, 1.807) is 6.08 Å². The van der Waals surface area contributed by atoms with Gasteiger partial charge in [0.25, 0.3) is 0 Å². The summed E-state index contributed by atoms with van der Waals surface area (Å²) in [5.74, 6) is 0. The number of rotatable bonds is 1. The largest absolute Gasteiger partial charge is 1.00 e. The first-order chi connectivity index (χ1) is 5.38. The van der Waals surface area contributed by atoms with Crippen LogP contribution >= 0.6 is 0 Å². The van der Waals surface area contributed by atoms with E-state index in [2.05, 4.69) is 18.0 Å². The van der Waals surface area contributed by atoms with Gasteiger partial charge in [0.1, 0.15) is 6.09 Å². The maximum Gasteiger partial charge on any atom is 1.00 e. The first-order valence-corrected chi connectivity index (χ1v) is 2.64. The molecule has 7 nitrogen and oxygen atoms in total. The molecule has 0 atom stereocenters. The zero-order valence-corrected chi connectivity index (χ0v) is 8.18. The zero-order valence-electron chi connectivity index (χ0n) is 6.70. The van der Waals surface area contributed by atoms with Gasteiger partial charge in [0.05, 0.1) is 0 Å². The Kier molecular flexibility index (Phi) is 39.2. The minimum atomic E-state index is -1.58. The molecule has 0 fully saturated rings. The van der Waals surface area contributed by atoms with Gasteiger partial charge in [-0.1, -0.05) is 6.08 Å². The fraction of sp³-hybridized carbons (Fsp3) is 0.200. The van der Waals surface area contributed by atoms with E-state index in [0.29, 0.717) is 6.54 Å². The van der Waals surface area contributed by atoms with Crippen LogP contribution in [0.1, 0.15) is 0 Å². The van der Waals surface area contributed by atoms with Gasteiger partial charge in [-0.25, -0.2) is 4.79 Å². The molecule has 0 saturated carbocycles. The van der Waals surface area contributed by atoms with Crippen LogP contribution in [-0.4, -0.2) is 23.8 Å². The van der Waals surface area contributed by atoms with Crippen molar-refractivity contribution in [1.82, 2.24) is 0 Å². The second-order valence-electron chi connectivity index (χ2n) is 1.18. The second-order valence-corrected chi connectivity index (χ2v) is 1.18. The van der Waals surface area contributed by atoms with Crippen molar-refractivity contribution in [3.63, 3.8) is 0 Å². The Balaban J connectivity index is -0.0000000450. The normalized spacial score (nSPS) is 5.62. The maximum atomic E-state index is 8.78. The Morgan fingerprint density at radius 3 is 1.54 bits per heavy atom. The molecule has 0 aromatic carbocycles. The van der Waals surface area contributed by atoms with E-state index in [4.69, 9.17) is 25.5 Å². The quantitative estimate of drug-likeness (QED) is 0.325. The van der Waals surface area contributed by atoms with Gasteiger partial charge >= 0.3 is 28.5 Å². The molecule has 2 amide bonds. The zero-order chi connectivity index (χ0) is 10.6. The molecule has 0 aromatic rings. The van der Waals surface area contributed by atoms with Crippen molar-refractivity contribution >= 4 is 12.2 Å². The Hall–Kier alpha value is -1.02. The molecule has 0 bridgehead atoms. The third-order valence-corrected chi connectivity index (χ3v) is 0.167. The molecule has 0 aliphatic rings. The second kappa shape index (κ2) is 22.4. The third kappa shape index (κ3) is 2270000. The molecule has 82 valence electrons. The fourth-order valence-electron chi connectivity index (χ4n) is 0. The molecule has 0 saturated heterocycles. The van der Waals surface area contributed by atoms with Crippen molar-refractivity contribution in [2.45, 2.75) is 0 Å². The summed E-state index contributed by atoms with van der Waals surface area (Å²) < 4.78 is 0. The van der Waals surface area contributed by atoms with Gasteiger partial charge in [-0.2, -0.15) is 0 Å². The van der Waals surface area contributed by atoms with E-state index in [9.17, 15) is 0 Å². The molecule has 8 heteroatoms. The average Bonchev–Trinajstić information content (AvgIpc) is 1.85. The summed E-state index contributed by atoms with van der Waals surface area (Å²) in [6, 6.07) is 0. The molecule has 7 N–H and O–H groups in total. The number of hydrogen-bond donors (Lipinski definition) is 4. The number of carbonyl (C=O) groups excluding carboxylic acids is 1. The summed E-state index contributed by atoms with van der Waals surface area (Å²) >= 11 is 0. The number of amides is 2. The molecule has 0 aromatic heterocycles. The van der Waals surface area contributed by atoms with E-state index in [0.717, 1.165) is 0 Å². The van der Waals surface area contributed by atoms with Crippen molar-refractivity contribution in [2.75, 3.05) is 6.54 Å². The Labute approximate surface area is 91.1 Å². The molecule has 0 radical (unpaired) electrons. The van der Waals surface area contributed by atoms with Crippen LogP contribution in [-0.2, 0) is 22.4 Å². The topological polar surface area (TPSA) is 155 Å². The summed E-state index contributed by atoms with van der Waals surface area (Å²) in [5, 5.41) is 15.9. The summed E-state index contributed by atoms with van der Waals surface area (Å²) in [6.07, 6.45) is -1.26. The molecular weight excluding hydrogens is 274 g/mol. The van der Waals surface area contributed by atoms with Crippen molar-refractivity contribution < 1.29 is 42.2 Å². The molecule has 0 spiro atoms. The van der Waals surface area contributed by atoms with Gasteiger partial charge in [-0.05, 0) is 0 Å². The van der Waals surface area contributed by atoms with Crippen molar-refractivity contribution in [3.8, 4) is 0 Å². The van der Waals surface area contributed by atoms with Gasteiger partial charge < -0.3 is 32.2 Å². The summed E-state index contributed by atoms with van der Waals surface area (Å²) in [4.78, 5) is 17.4. The van der Waals surface area contributed by atoms with E-state index >= 15 is 0 Å². The molecule has 0 heterocycles. The number of carbonyl (C=O) groups is 2. The Morgan fingerprint density at radius 2 is 1.54 bits per heavy atom. The van der Waals surface area contributed by atoms with Gasteiger partial charge in [0.2, 0.25) is 0 Å². The van der Waals surface area contributed by atoms with Crippen LogP contribution in [0.15, 0.2) is 12.7 Å². The minimum Gasteiger partial charge on any atom is -0.530 e. The SMILES string of the molecule is C=CCN.NC(=O)O.NC(=O)[O-].[Ag+]. The van der Waals surface area contributed by atoms with Crippen LogP contribution in [0, 0.1) is 0 Å². The molecule has 13 heavy (non-hydrogen) atoms. The van der Waals surface area contributed by atoms with Crippen LogP contribution < -0.4 is 22.3 Å². The molecule has 0 aliphatic carbocycles.